The van der Waals surface area contributed by atoms with Crippen LogP contribution in [-0.4, -0.2) is 12.1 Å². The molecule has 0 spiro atoms. The normalized spacial score (nSPS) is 23.1. The number of cyclic esters (lactones) is 1. The van der Waals surface area contributed by atoms with E-state index in [0.29, 0.717) is 6.42 Å². The van der Waals surface area contributed by atoms with Crippen LogP contribution in [0.2, 0.25) is 0 Å². The number of ether oxygens (including phenoxy) is 1. The van der Waals surface area contributed by atoms with Crippen molar-refractivity contribution < 1.29 is 9.53 Å². The molecule has 122 valence electrons. The van der Waals surface area contributed by atoms with Gasteiger partial charge in [-0.3, -0.25) is 4.79 Å². The summed E-state index contributed by atoms with van der Waals surface area (Å²) >= 11 is 0. The SMILES string of the molecule is CC1CCCC=CCC=CCC=CCC=CCCCC(=O)O1. The van der Waals surface area contributed by atoms with Gasteiger partial charge in [0, 0.05) is 6.42 Å². The lowest BCUT2D eigenvalue weighted by Crippen LogP contribution is -2.14. The van der Waals surface area contributed by atoms with Crippen LogP contribution < -0.4 is 0 Å². The predicted octanol–water partition coefficient (Wildman–Crippen LogP) is 5.67. The molecule has 0 aromatic rings. The molecule has 0 aromatic heterocycles. The van der Waals surface area contributed by atoms with Crippen molar-refractivity contribution in [3.8, 4) is 0 Å². The van der Waals surface area contributed by atoms with E-state index in [0.717, 1.165) is 51.4 Å². The van der Waals surface area contributed by atoms with Crippen LogP contribution in [0, 0.1) is 0 Å². The van der Waals surface area contributed by atoms with E-state index in [1.54, 1.807) is 0 Å². The lowest BCUT2D eigenvalue weighted by atomic mass is 10.1. The van der Waals surface area contributed by atoms with Gasteiger partial charge in [-0.15, -0.1) is 0 Å². The zero-order valence-electron chi connectivity index (χ0n) is 13.9. The Labute approximate surface area is 135 Å². The summed E-state index contributed by atoms with van der Waals surface area (Å²) in [4.78, 5) is 11.7. The van der Waals surface area contributed by atoms with E-state index in [9.17, 15) is 4.79 Å². The molecule has 0 amide bonds. The fourth-order valence-electron chi connectivity index (χ4n) is 2.28. The number of allylic oxidation sites excluding steroid dienone is 8. The van der Waals surface area contributed by atoms with Crippen molar-refractivity contribution in [3.63, 3.8) is 0 Å². The first-order valence-electron chi connectivity index (χ1n) is 8.58. The van der Waals surface area contributed by atoms with E-state index in [-0.39, 0.29) is 12.1 Å². The molecule has 0 fully saturated rings. The topological polar surface area (TPSA) is 26.3 Å². The highest BCUT2D eigenvalue weighted by molar-refractivity contribution is 5.69. The summed E-state index contributed by atoms with van der Waals surface area (Å²) in [5.41, 5.74) is 0. The number of hydrogen-bond acceptors (Lipinski definition) is 2. The third-order valence-corrected chi connectivity index (χ3v) is 3.55. The first-order valence-corrected chi connectivity index (χ1v) is 8.58. The molecule has 2 nitrogen and oxygen atoms in total. The van der Waals surface area contributed by atoms with Crippen LogP contribution in [0.15, 0.2) is 48.6 Å². The molecular formula is C20H30O2. The van der Waals surface area contributed by atoms with Crippen LogP contribution in [0.1, 0.15) is 64.7 Å². The Balaban J connectivity index is 2.40. The summed E-state index contributed by atoms with van der Waals surface area (Å²) in [7, 11) is 0. The molecule has 1 aliphatic rings. The van der Waals surface area contributed by atoms with Crippen LogP contribution in [0.4, 0.5) is 0 Å². The number of hydrogen-bond donors (Lipinski definition) is 0. The van der Waals surface area contributed by atoms with Gasteiger partial charge in [0.1, 0.15) is 0 Å². The molecule has 2 heteroatoms. The van der Waals surface area contributed by atoms with Crippen molar-refractivity contribution in [2.45, 2.75) is 70.8 Å². The van der Waals surface area contributed by atoms with E-state index in [2.05, 4.69) is 48.6 Å². The third-order valence-electron chi connectivity index (χ3n) is 3.55. The fraction of sp³-hybridized carbons (Fsp3) is 0.550. The number of carbonyl (C=O) groups excluding carboxylic acids is 1. The van der Waals surface area contributed by atoms with Crippen LogP contribution in [0.25, 0.3) is 0 Å². The van der Waals surface area contributed by atoms with Gasteiger partial charge >= 0.3 is 5.97 Å². The van der Waals surface area contributed by atoms with E-state index in [4.69, 9.17) is 4.74 Å². The molecule has 0 aromatic carbocycles. The molecule has 0 radical (unpaired) electrons. The molecule has 1 unspecified atom stereocenters. The van der Waals surface area contributed by atoms with Crippen LogP contribution in [0.3, 0.4) is 0 Å². The molecule has 0 saturated heterocycles. The van der Waals surface area contributed by atoms with E-state index < -0.39 is 0 Å². The van der Waals surface area contributed by atoms with Gasteiger partial charge in [-0.05, 0) is 58.3 Å². The summed E-state index contributed by atoms with van der Waals surface area (Å²) < 4.78 is 5.42. The molecule has 0 N–H and O–H groups in total. The first-order chi connectivity index (χ1) is 10.8. The van der Waals surface area contributed by atoms with Crippen LogP contribution in [0.5, 0.6) is 0 Å². The molecule has 0 aliphatic carbocycles. The monoisotopic (exact) mass is 302 g/mol. The van der Waals surface area contributed by atoms with E-state index >= 15 is 0 Å². The van der Waals surface area contributed by atoms with Gasteiger partial charge < -0.3 is 4.74 Å². The zero-order chi connectivity index (χ0) is 15.9. The van der Waals surface area contributed by atoms with Gasteiger partial charge in [-0.2, -0.15) is 0 Å². The van der Waals surface area contributed by atoms with E-state index in [1.807, 2.05) is 6.92 Å². The minimum Gasteiger partial charge on any atom is -0.463 e. The lowest BCUT2D eigenvalue weighted by molar-refractivity contribution is -0.148. The highest BCUT2D eigenvalue weighted by atomic mass is 16.5. The van der Waals surface area contributed by atoms with Gasteiger partial charge in [0.15, 0.2) is 0 Å². The Morgan fingerprint density at radius 1 is 0.818 bits per heavy atom. The average Bonchev–Trinajstić information content (AvgIpc) is 2.49. The summed E-state index contributed by atoms with van der Waals surface area (Å²) in [6.07, 6.45) is 26.0. The quantitative estimate of drug-likeness (QED) is 0.426. The van der Waals surface area contributed by atoms with Crippen molar-refractivity contribution in [1.82, 2.24) is 0 Å². The minimum atomic E-state index is -0.0594. The predicted molar refractivity (Wildman–Crippen MR) is 93.7 cm³/mol. The van der Waals surface area contributed by atoms with Gasteiger partial charge in [-0.1, -0.05) is 48.6 Å². The molecule has 1 aliphatic heterocycles. The molecule has 1 atom stereocenters. The van der Waals surface area contributed by atoms with Crippen molar-refractivity contribution in [2.75, 3.05) is 0 Å². The molecule has 0 bridgehead atoms. The highest BCUT2D eigenvalue weighted by Crippen LogP contribution is 2.08. The third kappa shape index (κ3) is 11.1. The maximum Gasteiger partial charge on any atom is 0.306 e. The fourth-order valence-corrected chi connectivity index (χ4v) is 2.28. The van der Waals surface area contributed by atoms with Gasteiger partial charge in [0.05, 0.1) is 6.10 Å². The smallest absolute Gasteiger partial charge is 0.306 e. The number of esters is 1. The second kappa shape index (κ2) is 13.1. The van der Waals surface area contributed by atoms with Crippen LogP contribution >= 0.6 is 0 Å². The van der Waals surface area contributed by atoms with Gasteiger partial charge in [0.25, 0.3) is 0 Å². The minimum absolute atomic E-state index is 0.0343. The van der Waals surface area contributed by atoms with E-state index in [1.165, 1.54) is 0 Å². The van der Waals surface area contributed by atoms with Crippen molar-refractivity contribution in [3.05, 3.63) is 48.6 Å². The van der Waals surface area contributed by atoms with Crippen LogP contribution in [-0.2, 0) is 9.53 Å². The number of carbonyl (C=O) groups is 1. The average molecular weight is 302 g/mol. The Morgan fingerprint density at radius 2 is 1.32 bits per heavy atom. The maximum atomic E-state index is 11.7. The molecule has 1 heterocycles. The Hall–Kier alpha value is -1.57. The number of rotatable bonds is 0. The Morgan fingerprint density at radius 3 is 1.91 bits per heavy atom. The maximum absolute atomic E-state index is 11.7. The largest absolute Gasteiger partial charge is 0.463 e. The summed E-state index contributed by atoms with van der Waals surface area (Å²) in [5, 5.41) is 0. The van der Waals surface area contributed by atoms with Crippen molar-refractivity contribution in [1.29, 1.82) is 0 Å². The van der Waals surface area contributed by atoms with Crippen molar-refractivity contribution in [2.24, 2.45) is 0 Å². The second-order valence-electron chi connectivity index (χ2n) is 5.72. The van der Waals surface area contributed by atoms with Crippen molar-refractivity contribution >= 4 is 5.97 Å². The molecule has 22 heavy (non-hydrogen) atoms. The summed E-state index contributed by atoms with van der Waals surface area (Å²) in [6.45, 7) is 1.99. The molecule has 0 saturated carbocycles. The van der Waals surface area contributed by atoms with Gasteiger partial charge in [-0.25, -0.2) is 0 Å². The Kier molecular flexibility index (Phi) is 11.0. The standard InChI is InChI=1S/C20H30O2/c1-19-17-15-13-11-9-7-5-3-2-4-6-8-10-12-14-16-18-20(21)22-19/h3-6,9-12,19H,2,7-8,13-18H2,1H3. The second-order valence-corrected chi connectivity index (χ2v) is 5.72. The lowest BCUT2D eigenvalue weighted by Gasteiger charge is -2.12. The first kappa shape index (κ1) is 18.5. The molecular weight excluding hydrogens is 272 g/mol. The molecule has 1 rings (SSSR count). The highest BCUT2D eigenvalue weighted by Gasteiger charge is 2.08. The zero-order valence-corrected chi connectivity index (χ0v) is 13.9. The summed E-state index contributed by atoms with van der Waals surface area (Å²) in [5.74, 6) is -0.0594. The summed E-state index contributed by atoms with van der Waals surface area (Å²) in [6, 6.07) is 0. The Bertz CT molecular complexity index is 402. The van der Waals surface area contributed by atoms with Gasteiger partial charge in [0.2, 0.25) is 0 Å².